The highest BCUT2D eigenvalue weighted by Gasteiger charge is 2.09. The number of hydrogen-bond donors (Lipinski definition) is 1. The molecule has 0 aliphatic carbocycles. The van der Waals surface area contributed by atoms with Crippen LogP contribution in [0.4, 0.5) is 4.39 Å². The Kier molecular flexibility index (Phi) is 3.37. The van der Waals surface area contributed by atoms with Crippen molar-refractivity contribution in [2.24, 2.45) is 0 Å². The quantitative estimate of drug-likeness (QED) is 0.906. The normalized spacial score (nSPS) is 10.2. The molecule has 0 heterocycles. The van der Waals surface area contributed by atoms with Gasteiger partial charge >= 0.3 is 0 Å². The highest BCUT2D eigenvalue weighted by atomic mass is 19.1. The van der Waals surface area contributed by atoms with Crippen molar-refractivity contribution >= 4 is 0 Å². The first kappa shape index (κ1) is 12.2. The van der Waals surface area contributed by atoms with Gasteiger partial charge in [0.15, 0.2) is 11.5 Å². The van der Waals surface area contributed by atoms with Crippen LogP contribution >= 0.6 is 0 Å². The van der Waals surface area contributed by atoms with E-state index in [1.165, 1.54) is 19.2 Å². The van der Waals surface area contributed by atoms with Gasteiger partial charge in [0, 0.05) is 11.6 Å². The molecule has 2 aromatic rings. The van der Waals surface area contributed by atoms with Crippen molar-refractivity contribution in [3.63, 3.8) is 0 Å². The molecule has 0 aliphatic heterocycles. The van der Waals surface area contributed by atoms with Crippen LogP contribution in [-0.2, 0) is 0 Å². The van der Waals surface area contributed by atoms with Crippen LogP contribution in [0.25, 0.3) is 11.1 Å². The smallest absolute Gasteiger partial charge is 0.161 e. The van der Waals surface area contributed by atoms with Crippen LogP contribution in [0.15, 0.2) is 36.4 Å². The second-order valence-electron chi connectivity index (χ2n) is 3.73. The van der Waals surface area contributed by atoms with E-state index in [2.05, 4.69) is 0 Å². The van der Waals surface area contributed by atoms with E-state index < -0.39 is 5.82 Å². The SMILES string of the molecule is COc1ccc(-c2ccc(F)cc2O)cc1OC. The Bertz CT molecular complexity index is 567. The largest absolute Gasteiger partial charge is 0.507 e. The monoisotopic (exact) mass is 248 g/mol. The molecule has 3 nitrogen and oxygen atoms in total. The van der Waals surface area contributed by atoms with Gasteiger partial charge in [-0.1, -0.05) is 6.07 Å². The van der Waals surface area contributed by atoms with E-state index in [9.17, 15) is 9.50 Å². The summed E-state index contributed by atoms with van der Waals surface area (Å²) in [5.74, 6) is 0.570. The van der Waals surface area contributed by atoms with Crippen molar-refractivity contribution in [2.45, 2.75) is 0 Å². The molecule has 0 fully saturated rings. The number of hydrogen-bond acceptors (Lipinski definition) is 3. The zero-order valence-corrected chi connectivity index (χ0v) is 10.1. The third-order valence-corrected chi connectivity index (χ3v) is 2.65. The zero-order chi connectivity index (χ0) is 13.1. The first-order chi connectivity index (χ1) is 8.65. The molecule has 0 atom stereocenters. The van der Waals surface area contributed by atoms with Crippen molar-refractivity contribution in [1.82, 2.24) is 0 Å². The molecule has 0 aliphatic rings. The lowest BCUT2D eigenvalue weighted by Gasteiger charge is -2.10. The lowest BCUT2D eigenvalue weighted by molar-refractivity contribution is 0.355. The Morgan fingerprint density at radius 2 is 1.67 bits per heavy atom. The molecular formula is C14H13FO3. The topological polar surface area (TPSA) is 38.7 Å². The van der Waals surface area contributed by atoms with Crippen molar-refractivity contribution in [3.05, 3.63) is 42.2 Å². The minimum atomic E-state index is -0.475. The predicted octanol–water partition coefficient (Wildman–Crippen LogP) is 3.22. The van der Waals surface area contributed by atoms with Crippen LogP contribution in [0.5, 0.6) is 17.2 Å². The number of benzene rings is 2. The Balaban J connectivity index is 2.51. The van der Waals surface area contributed by atoms with Gasteiger partial charge in [0.2, 0.25) is 0 Å². The van der Waals surface area contributed by atoms with E-state index >= 15 is 0 Å². The molecule has 0 amide bonds. The van der Waals surface area contributed by atoms with Crippen LogP contribution in [0.1, 0.15) is 0 Å². The maximum Gasteiger partial charge on any atom is 0.161 e. The Hall–Kier alpha value is -2.23. The molecule has 0 aromatic heterocycles. The van der Waals surface area contributed by atoms with Crippen LogP contribution in [0, 0.1) is 5.82 Å². The van der Waals surface area contributed by atoms with E-state index in [0.29, 0.717) is 17.1 Å². The number of phenols is 1. The second kappa shape index (κ2) is 4.96. The summed E-state index contributed by atoms with van der Waals surface area (Å²) in [6.07, 6.45) is 0. The fourth-order valence-corrected chi connectivity index (χ4v) is 1.75. The number of phenolic OH excluding ortho intramolecular Hbond substituents is 1. The molecule has 18 heavy (non-hydrogen) atoms. The summed E-state index contributed by atoms with van der Waals surface area (Å²) in [5.41, 5.74) is 1.27. The highest BCUT2D eigenvalue weighted by molar-refractivity contribution is 5.72. The molecule has 2 aromatic carbocycles. The Morgan fingerprint density at radius 3 is 2.28 bits per heavy atom. The molecule has 0 spiro atoms. The number of ether oxygens (including phenoxy) is 2. The molecule has 0 unspecified atom stereocenters. The maximum absolute atomic E-state index is 12.9. The summed E-state index contributed by atoms with van der Waals surface area (Å²) in [7, 11) is 3.08. The molecule has 1 N–H and O–H groups in total. The van der Waals surface area contributed by atoms with Gasteiger partial charge in [-0.05, 0) is 29.8 Å². The molecule has 4 heteroatoms. The molecule has 2 rings (SSSR count). The lowest BCUT2D eigenvalue weighted by atomic mass is 10.0. The van der Waals surface area contributed by atoms with Crippen LogP contribution in [0.3, 0.4) is 0 Å². The van der Waals surface area contributed by atoms with Gasteiger partial charge in [-0.15, -0.1) is 0 Å². The first-order valence-corrected chi connectivity index (χ1v) is 5.36. The number of aromatic hydroxyl groups is 1. The summed E-state index contributed by atoms with van der Waals surface area (Å²) in [5, 5.41) is 9.72. The van der Waals surface area contributed by atoms with Gasteiger partial charge in [0.25, 0.3) is 0 Å². The van der Waals surface area contributed by atoms with Gasteiger partial charge in [-0.2, -0.15) is 0 Å². The third-order valence-electron chi connectivity index (χ3n) is 2.65. The molecular weight excluding hydrogens is 235 g/mol. The fraction of sp³-hybridized carbons (Fsp3) is 0.143. The number of halogens is 1. The van der Waals surface area contributed by atoms with E-state index in [1.807, 2.05) is 0 Å². The molecule has 0 radical (unpaired) electrons. The average molecular weight is 248 g/mol. The van der Waals surface area contributed by atoms with Gasteiger partial charge in [0.05, 0.1) is 14.2 Å². The molecule has 0 saturated carbocycles. The van der Waals surface area contributed by atoms with Crippen LogP contribution < -0.4 is 9.47 Å². The summed E-state index contributed by atoms with van der Waals surface area (Å²) in [6, 6.07) is 9.13. The van der Waals surface area contributed by atoms with Gasteiger partial charge in [0.1, 0.15) is 11.6 Å². The summed E-state index contributed by atoms with van der Waals surface area (Å²) in [6.45, 7) is 0. The molecule has 94 valence electrons. The van der Waals surface area contributed by atoms with Gasteiger partial charge in [-0.25, -0.2) is 4.39 Å². The summed E-state index contributed by atoms with van der Waals surface area (Å²) in [4.78, 5) is 0. The Labute approximate surface area is 104 Å². The molecule has 0 bridgehead atoms. The standard InChI is InChI=1S/C14H13FO3/c1-17-13-6-3-9(7-14(13)18-2)11-5-4-10(15)8-12(11)16/h3-8,16H,1-2H3. The van der Waals surface area contributed by atoms with Crippen molar-refractivity contribution < 1.29 is 19.0 Å². The minimum Gasteiger partial charge on any atom is -0.507 e. The average Bonchev–Trinajstić information content (AvgIpc) is 2.38. The zero-order valence-electron chi connectivity index (χ0n) is 10.1. The number of rotatable bonds is 3. The summed E-state index contributed by atoms with van der Waals surface area (Å²) < 4.78 is 23.2. The van der Waals surface area contributed by atoms with Crippen molar-refractivity contribution in [2.75, 3.05) is 14.2 Å². The maximum atomic E-state index is 12.9. The van der Waals surface area contributed by atoms with Crippen LogP contribution in [-0.4, -0.2) is 19.3 Å². The fourth-order valence-electron chi connectivity index (χ4n) is 1.75. The number of methoxy groups -OCH3 is 2. The van der Waals surface area contributed by atoms with Crippen molar-refractivity contribution in [3.8, 4) is 28.4 Å². The predicted molar refractivity (Wildman–Crippen MR) is 66.6 cm³/mol. The first-order valence-electron chi connectivity index (χ1n) is 5.36. The Morgan fingerprint density at radius 1 is 0.944 bits per heavy atom. The lowest BCUT2D eigenvalue weighted by Crippen LogP contribution is -1.91. The van der Waals surface area contributed by atoms with Gasteiger partial charge in [-0.3, -0.25) is 0 Å². The van der Waals surface area contributed by atoms with Crippen molar-refractivity contribution in [1.29, 1.82) is 0 Å². The second-order valence-corrected chi connectivity index (χ2v) is 3.73. The third kappa shape index (κ3) is 2.22. The molecule has 0 saturated heterocycles. The van der Waals surface area contributed by atoms with E-state index in [1.54, 1.807) is 25.3 Å². The summed E-state index contributed by atoms with van der Waals surface area (Å²) >= 11 is 0. The van der Waals surface area contributed by atoms with E-state index in [4.69, 9.17) is 9.47 Å². The van der Waals surface area contributed by atoms with Gasteiger partial charge < -0.3 is 14.6 Å². The van der Waals surface area contributed by atoms with E-state index in [0.717, 1.165) is 11.6 Å². The van der Waals surface area contributed by atoms with Crippen LogP contribution in [0.2, 0.25) is 0 Å². The van der Waals surface area contributed by atoms with E-state index in [-0.39, 0.29) is 5.75 Å². The minimum absolute atomic E-state index is 0.109. The highest BCUT2D eigenvalue weighted by Crippen LogP contribution is 2.35.